The van der Waals surface area contributed by atoms with Gasteiger partial charge in [-0.15, -0.1) is 0 Å². The quantitative estimate of drug-likeness (QED) is 0.916. The normalized spacial score (nSPS) is 15.7. The summed E-state index contributed by atoms with van der Waals surface area (Å²) in [5.41, 5.74) is 1.54. The molecule has 0 aromatic heterocycles. The number of rotatable bonds is 5. The van der Waals surface area contributed by atoms with Gasteiger partial charge in [-0.05, 0) is 49.1 Å². The zero-order valence-corrected chi connectivity index (χ0v) is 13.3. The second-order valence-corrected chi connectivity index (χ2v) is 6.04. The minimum atomic E-state index is -0.136. The molecular weight excluding hydrogens is 306 g/mol. The van der Waals surface area contributed by atoms with E-state index in [1.165, 1.54) is 6.42 Å². The summed E-state index contributed by atoms with van der Waals surface area (Å²) in [6.07, 6.45) is 3.57. The molecule has 5 heteroatoms. The van der Waals surface area contributed by atoms with E-state index >= 15 is 0 Å². The lowest BCUT2D eigenvalue weighted by molar-refractivity contribution is 0.0925. The second-order valence-electron chi connectivity index (χ2n) is 6.04. The van der Waals surface area contributed by atoms with Crippen LogP contribution in [0.3, 0.4) is 0 Å². The van der Waals surface area contributed by atoms with E-state index in [-0.39, 0.29) is 18.8 Å². The maximum atomic E-state index is 12.5. The Bertz CT molecular complexity index is 755. The lowest BCUT2D eigenvalue weighted by Crippen LogP contribution is -2.27. The number of benzene rings is 2. The van der Waals surface area contributed by atoms with Crippen LogP contribution in [0.1, 0.15) is 35.2 Å². The maximum absolute atomic E-state index is 12.5. The number of hydrogen-bond donors (Lipinski definition) is 1. The third kappa shape index (κ3) is 3.02. The molecular formula is C19H19NO4. The highest BCUT2D eigenvalue weighted by molar-refractivity contribution is 5.96. The van der Waals surface area contributed by atoms with Crippen LogP contribution in [-0.4, -0.2) is 18.8 Å². The lowest BCUT2D eigenvalue weighted by atomic mass is 9.96. The summed E-state index contributed by atoms with van der Waals surface area (Å²) in [5, 5.41) is 2.94. The predicted octanol–water partition coefficient (Wildman–Crippen LogP) is 3.28. The first-order valence-corrected chi connectivity index (χ1v) is 8.22. The molecule has 2 aliphatic rings. The van der Waals surface area contributed by atoms with Gasteiger partial charge < -0.3 is 19.5 Å². The van der Waals surface area contributed by atoms with Crippen LogP contribution in [0.4, 0.5) is 0 Å². The van der Waals surface area contributed by atoms with Gasteiger partial charge in [0.25, 0.3) is 5.91 Å². The molecule has 5 nitrogen and oxygen atoms in total. The number of para-hydroxylation sites is 1. The van der Waals surface area contributed by atoms with E-state index in [4.69, 9.17) is 14.2 Å². The maximum Gasteiger partial charge on any atom is 0.255 e. The van der Waals surface area contributed by atoms with Crippen molar-refractivity contribution in [3.63, 3.8) is 0 Å². The minimum absolute atomic E-state index is 0.136. The smallest absolute Gasteiger partial charge is 0.255 e. The summed E-state index contributed by atoms with van der Waals surface area (Å²) in [7, 11) is 0. The highest BCUT2D eigenvalue weighted by Crippen LogP contribution is 2.32. The fourth-order valence-electron chi connectivity index (χ4n) is 2.75. The summed E-state index contributed by atoms with van der Waals surface area (Å²) in [4.78, 5) is 12.5. The van der Waals surface area contributed by atoms with Crippen LogP contribution in [0.5, 0.6) is 17.2 Å². The average molecular weight is 325 g/mol. The molecule has 2 aromatic rings. The second kappa shape index (κ2) is 6.43. The van der Waals surface area contributed by atoms with Crippen molar-refractivity contribution in [2.24, 2.45) is 0 Å². The molecule has 0 bridgehead atoms. The Labute approximate surface area is 140 Å². The van der Waals surface area contributed by atoms with Crippen LogP contribution < -0.4 is 19.5 Å². The van der Waals surface area contributed by atoms with Gasteiger partial charge in [0.15, 0.2) is 11.5 Å². The van der Waals surface area contributed by atoms with Gasteiger partial charge in [0.05, 0.1) is 11.7 Å². The SMILES string of the molecule is O=C(NCc1ccc2c(c1)OCO2)c1ccccc1OC1CCC1. The summed E-state index contributed by atoms with van der Waals surface area (Å²) >= 11 is 0. The van der Waals surface area contributed by atoms with Gasteiger partial charge >= 0.3 is 0 Å². The molecule has 1 saturated carbocycles. The van der Waals surface area contributed by atoms with Gasteiger partial charge in [-0.1, -0.05) is 18.2 Å². The molecule has 0 saturated heterocycles. The molecule has 1 aliphatic heterocycles. The van der Waals surface area contributed by atoms with Crippen molar-refractivity contribution < 1.29 is 19.0 Å². The van der Waals surface area contributed by atoms with Gasteiger partial charge in [-0.25, -0.2) is 0 Å². The van der Waals surface area contributed by atoms with Crippen molar-refractivity contribution in [3.8, 4) is 17.2 Å². The van der Waals surface area contributed by atoms with E-state index in [1.807, 2.05) is 36.4 Å². The number of nitrogens with one attached hydrogen (secondary N) is 1. The molecule has 1 N–H and O–H groups in total. The minimum Gasteiger partial charge on any atom is -0.490 e. The summed E-state index contributed by atoms with van der Waals surface area (Å²) in [6, 6.07) is 13.1. The van der Waals surface area contributed by atoms with Crippen LogP contribution in [0, 0.1) is 0 Å². The Morgan fingerprint density at radius 2 is 1.96 bits per heavy atom. The number of ether oxygens (including phenoxy) is 3. The van der Waals surface area contributed by atoms with Gasteiger partial charge in [0, 0.05) is 6.54 Å². The van der Waals surface area contributed by atoms with Crippen LogP contribution >= 0.6 is 0 Å². The fourth-order valence-corrected chi connectivity index (χ4v) is 2.75. The molecule has 1 heterocycles. The third-order valence-corrected chi connectivity index (χ3v) is 4.37. The van der Waals surface area contributed by atoms with Crippen molar-refractivity contribution >= 4 is 5.91 Å². The lowest BCUT2D eigenvalue weighted by Gasteiger charge is -2.27. The molecule has 1 amide bonds. The molecule has 24 heavy (non-hydrogen) atoms. The van der Waals surface area contributed by atoms with Crippen LogP contribution in [0.2, 0.25) is 0 Å². The summed E-state index contributed by atoms with van der Waals surface area (Å²) < 4.78 is 16.6. The van der Waals surface area contributed by atoms with E-state index in [0.717, 1.165) is 29.9 Å². The van der Waals surface area contributed by atoms with E-state index in [1.54, 1.807) is 6.07 Å². The van der Waals surface area contributed by atoms with E-state index < -0.39 is 0 Å². The van der Waals surface area contributed by atoms with Crippen molar-refractivity contribution in [2.75, 3.05) is 6.79 Å². The predicted molar refractivity (Wildman–Crippen MR) is 88.4 cm³/mol. The summed E-state index contributed by atoms with van der Waals surface area (Å²) in [6.45, 7) is 0.671. The Morgan fingerprint density at radius 3 is 2.79 bits per heavy atom. The third-order valence-electron chi connectivity index (χ3n) is 4.37. The van der Waals surface area contributed by atoms with Crippen LogP contribution in [0.15, 0.2) is 42.5 Å². The average Bonchev–Trinajstić information content (AvgIpc) is 3.04. The standard InChI is InChI=1S/C19H19NO4/c21-19(15-6-1-2-7-16(15)24-14-4-3-5-14)20-11-13-8-9-17-18(10-13)23-12-22-17/h1-2,6-10,14H,3-5,11-12H2,(H,20,21). The van der Waals surface area contributed by atoms with Gasteiger partial charge in [0.2, 0.25) is 6.79 Å². The molecule has 0 unspecified atom stereocenters. The number of carbonyl (C=O) groups is 1. The molecule has 4 rings (SSSR count). The Balaban J connectivity index is 1.42. The topological polar surface area (TPSA) is 56.8 Å². The number of hydrogen-bond acceptors (Lipinski definition) is 4. The van der Waals surface area contributed by atoms with E-state index in [0.29, 0.717) is 17.9 Å². The molecule has 1 aliphatic carbocycles. The number of amides is 1. The Kier molecular flexibility index (Phi) is 3.99. The molecule has 124 valence electrons. The van der Waals surface area contributed by atoms with Crippen molar-refractivity contribution in [1.82, 2.24) is 5.32 Å². The van der Waals surface area contributed by atoms with Gasteiger partial charge in [-0.3, -0.25) is 4.79 Å². The first-order valence-electron chi connectivity index (χ1n) is 8.22. The molecule has 0 radical (unpaired) electrons. The van der Waals surface area contributed by atoms with E-state index in [9.17, 15) is 4.79 Å². The van der Waals surface area contributed by atoms with Gasteiger partial charge in [0.1, 0.15) is 5.75 Å². The Hall–Kier alpha value is -2.69. The van der Waals surface area contributed by atoms with Crippen molar-refractivity contribution in [1.29, 1.82) is 0 Å². The molecule has 0 spiro atoms. The van der Waals surface area contributed by atoms with Crippen LogP contribution in [-0.2, 0) is 6.54 Å². The molecule has 0 atom stereocenters. The van der Waals surface area contributed by atoms with Gasteiger partial charge in [-0.2, -0.15) is 0 Å². The largest absolute Gasteiger partial charge is 0.490 e. The summed E-state index contributed by atoms with van der Waals surface area (Å²) in [5.74, 6) is 1.98. The van der Waals surface area contributed by atoms with E-state index in [2.05, 4.69) is 5.32 Å². The fraction of sp³-hybridized carbons (Fsp3) is 0.316. The van der Waals surface area contributed by atoms with Crippen molar-refractivity contribution in [2.45, 2.75) is 31.9 Å². The number of carbonyl (C=O) groups excluding carboxylic acids is 1. The molecule has 2 aromatic carbocycles. The highest BCUT2D eigenvalue weighted by atomic mass is 16.7. The number of fused-ring (bicyclic) bond motifs is 1. The highest BCUT2D eigenvalue weighted by Gasteiger charge is 2.22. The van der Waals surface area contributed by atoms with Crippen molar-refractivity contribution in [3.05, 3.63) is 53.6 Å². The first kappa shape index (κ1) is 14.9. The monoisotopic (exact) mass is 325 g/mol. The first-order chi connectivity index (χ1) is 11.8. The molecule has 1 fully saturated rings. The zero-order valence-electron chi connectivity index (χ0n) is 13.3. The Morgan fingerprint density at radius 1 is 1.12 bits per heavy atom. The van der Waals surface area contributed by atoms with Crippen LogP contribution in [0.25, 0.3) is 0 Å². The zero-order chi connectivity index (χ0) is 16.4.